The molecule has 0 fully saturated rings. The number of halogens is 1. The van der Waals surface area contributed by atoms with E-state index in [2.05, 4.69) is 20.6 Å². The Morgan fingerprint density at radius 3 is 2.37 bits per heavy atom. The van der Waals surface area contributed by atoms with Crippen LogP contribution in [0.1, 0.15) is 5.56 Å². The molecule has 0 amide bonds. The van der Waals surface area contributed by atoms with Crippen molar-refractivity contribution in [1.82, 2.24) is 9.97 Å². The van der Waals surface area contributed by atoms with Crippen molar-refractivity contribution in [2.45, 2.75) is 6.54 Å². The molecule has 1 aromatic heterocycles. The molecular formula is C18H16ClN5O3. The van der Waals surface area contributed by atoms with E-state index in [0.717, 1.165) is 11.3 Å². The molecule has 3 aromatic rings. The van der Waals surface area contributed by atoms with Crippen LogP contribution in [0.2, 0.25) is 5.02 Å². The summed E-state index contributed by atoms with van der Waals surface area (Å²) in [6, 6.07) is 14.1. The number of benzene rings is 2. The first-order valence-corrected chi connectivity index (χ1v) is 8.33. The lowest BCUT2D eigenvalue weighted by molar-refractivity contribution is -0.383. The van der Waals surface area contributed by atoms with Gasteiger partial charge in [0.2, 0.25) is 11.6 Å². The SMILES string of the molecule is COc1ccc(CNc2ncnc(Nc3ccc(Cl)cc3)c2[N+](=O)[O-])cc1. The third-order valence-corrected chi connectivity index (χ3v) is 3.98. The van der Waals surface area contributed by atoms with Crippen LogP contribution in [0.3, 0.4) is 0 Å². The fourth-order valence-corrected chi connectivity index (χ4v) is 2.50. The van der Waals surface area contributed by atoms with Gasteiger partial charge in [-0.2, -0.15) is 0 Å². The van der Waals surface area contributed by atoms with Gasteiger partial charge in [0, 0.05) is 17.3 Å². The summed E-state index contributed by atoms with van der Waals surface area (Å²) in [6.07, 6.45) is 1.27. The molecule has 27 heavy (non-hydrogen) atoms. The smallest absolute Gasteiger partial charge is 0.353 e. The number of nitro groups is 1. The van der Waals surface area contributed by atoms with Gasteiger partial charge in [0.05, 0.1) is 12.0 Å². The highest BCUT2D eigenvalue weighted by Gasteiger charge is 2.23. The molecule has 0 saturated carbocycles. The maximum Gasteiger partial charge on any atom is 0.353 e. The summed E-state index contributed by atoms with van der Waals surface area (Å²) in [5.74, 6) is 0.957. The molecule has 2 aromatic carbocycles. The van der Waals surface area contributed by atoms with Crippen LogP contribution in [0.4, 0.5) is 23.0 Å². The Balaban J connectivity index is 1.81. The molecule has 3 rings (SSSR count). The van der Waals surface area contributed by atoms with Crippen LogP contribution >= 0.6 is 11.6 Å². The minimum atomic E-state index is -0.519. The predicted molar refractivity (Wildman–Crippen MR) is 104 cm³/mol. The van der Waals surface area contributed by atoms with E-state index in [9.17, 15) is 10.1 Å². The molecule has 0 unspecified atom stereocenters. The van der Waals surface area contributed by atoms with E-state index in [0.29, 0.717) is 17.3 Å². The summed E-state index contributed by atoms with van der Waals surface area (Å²) in [4.78, 5) is 19.1. The van der Waals surface area contributed by atoms with Crippen LogP contribution in [-0.2, 0) is 6.54 Å². The second-order valence-electron chi connectivity index (χ2n) is 5.51. The van der Waals surface area contributed by atoms with E-state index in [1.54, 1.807) is 31.4 Å². The summed E-state index contributed by atoms with van der Waals surface area (Å²) in [7, 11) is 1.59. The Labute approximate surface area is 160 Å². The second-order valence-corrected chi connectivity index (χ2v) is 5.95. The molecule has 0 saturated heterocycles. The fraction of sp³-hybridized carbons (Fsp3) is 0.111. The van der Waals surface area contributed by atoms with Crippen molar-refractivity contribution < 1.29 is 9.66 Å². The molecule has 0 aliphatic carbocycles. The van der Waals surface area contributed by atoms with Crippen molar-refractivity contribution in [3.63, 3.8) is 0 Å². The van der Waals surface area contributed by atoms with Gasteiger partial charge in [0.1, 0.15) is 12.1 Å². The molecule has 138 valence electrons. The highest BCUT2D eigenvalue weighted by Crippen LogP contribution is 2.31. The largest absolute Gasteiger partial charge is 0.497 e. The van der Waals surface area contributed by atoms with Crippen LogP contribution < -0.4 is 15.4 Å². The monoisotopic (exact) mass is 385 g/mol. The summed E-state index contributed by atoms with van der Waals surface area (Å²) < 4.78 is 5.12. The first-order valence-electron chi connectivity index (χ1n) is 7.95. The molecular weight excluding hydrogens is 370 g/mol. The van der Waals surface area contributed by atoms with E-state index in [4.69, 9.17) is 16.3 Å². The predicted octanol–water partition coefficient (Wildman–Crippen LogP) is 4.40. The van der Waals surface area contributed by atoms with Crippen LogP contribution in [0.15, 0.2) is 54.9 Å². The van der Waals surface area contributed by atoms with Crippen LogP contribution in [0, 0.1) is 10.1 Å². The molecule has 2 N–H and O–H groups in total. The molecule has 0 atom stereocenters. The summed E-state index contributed by atoms with van der Waals surface area (Å²) in [5.41, 5.74) is 1.32. The van der Waals surface area contributed by atoms with E-state index in [1.807, 2.05) is 24.3 Å². The minimum Gasteiger partial charge on any atom is -0.497 e. The van der Waals surface area contributed by atoms with Crippen LogP contribution in [-0.4, -0.2) is 22.0 Å². The lowest BCUT2D eigenvalue weighted by Gasteiger charge is -2.10. The zero-order chi connectivity index (χ0) is 19.2. The number of rotatable bonds is 7. The topological polar surface area (TPSA) is 102 Å². The molecule has 9 heteroatoms. The Bertz CT molecular complexity index is 933. The lowest BCUT2D eigenvalue weighted by Crippen LogP contribution is -2.08. The van der Waals surface area contributed by atoms with Gasteiger partial charge in [0.15, 0.2) is 0 Å². The highest BCUT2D eigenvalue weighted by molar-refractivity contribution is 6.30. The number of aromatic nitrogens is 2. The number of anilines is 3. The maximum absolute atomic E-state index is 11.6. The summed E-state index contributed by atoms with van der Waals surface area (Å²) in [5, 5.41) is 18.1. The van der Waals surface area contributed by atoms with Crippen molar-refractivity contribution >= 4 is 34.6 Å². The van der Waals surface area contributed by atoms with E-state index in [1.165, 1.54) is 6.33 Å². The quantitative estimate of drug-likeness (QED) is 0.459. The molecule has 0 radical (unpaired) electrons. The number of hydrogen-bond acceptors (Lipinski definition) is 7. The molecule has 1 heterocycles. The summed E-state index contributed by atoms with van der Waals surface area (Å²) >= 11 is 5.86. The highest BCUT2D eigenvalue weighted by atomic mass is 35.5. The van der Waals surface area contributed by atoms with Gasteiger partial charge in [-0.25, -0.2) is 9.97 Å². The van der Waals surface area contributed by atoms with Crippen LogP contribution in [0.25, 0.3) is 0 Å². The Hall–Kier alpha value is -3.39. The Morgan fingerprint density at radius 2 is 1.74 bits per heavy atom. The number of hydrogen-bond donors (Lipinski definition) is 2. The van der Waals surface area contributed by atoms with Gasteiger partial charge in [-0.15, -0.1) is 0 Å². The number of ether oxygens (including phenoxy) is 1. The standard InChI is InChI=1S/C18H16ClN5O3/c1-27-15-8-2-12(3-9-15)10-20-17-16(24(25)26)18(22-11-21-17)23-14-6-4-13(19)5-7-14/h2-9,11H,10H2,1H3,(H2,20,21,22,23). The zero-order valence-corrected chi connectivity index (χ0v) is 15.1. The third-order valence-electron chi connectivity index (χ3n) is 3.73. The van der Waals surface area contributed by atoms with Crippen molar-refractivity contribution in [2.75, 3.05) is 17.7 Å². The molecule has 0 aliphatic heterocycles. The molecule has 0 bridgehead atoms. The third kappa shape index (κ3) is 4.62. The van der Waals surface area contributed by atoms with Gasteiger partial charge < -0.3 is 15.4 Å². The molecule has 0 spiro atoms. The Morgan fingerprint density at radius 1 is 1.07 bits per heavy atom. The van der Waals surface area contributed by atoms with E-state index < -0.39 is 4.92 Å². The maximum atomic E-state index is 11.6. The first-order chi connectivity index (χ1) is 13.1. The van der Waals surface area contributed by atoms with Gasteiger partial charge in [-0.1, -0.05) is 23.7 Å². The van der Waals surface area contributed by atoms with Gasteiger partial charge in [0.25, 0.3) is 0 Å². The number of nitrogens with zero attached hydrogens (tertiary/aromatic N) is 3. The van der Waals surface area contributed by atoms with Gasteiger partial charge in [-0.05, 0) is 42.0 Å². The van der Waals surface area contributed by atoms with Crippen molar-refractivity contribution in [1.29, 1.82) is 0 Å². The second kappa shape index (κ2) is 8.33. The normalized spacial score (nSPS) is 10.3. The Kier molecular flexibility index (Phi) is 5.68. The fourth-order valence-electron chi connectivity index (χ4n) is 2.37. The number of methoxy groups -OCH3 is 1. The minimum absolute atomic E-state index is 0.0922. The summed E-state index contributed by atoms with van der Waals surface area (Å²) in [6.45, 7) is 0.363. The lowest BCUT2D eigenvalue weighted by atomic mass is 10.2. The average molecular weight is 386 g/mol. The van der Waals surface area contributed by atoms with E-state index >= 15 is 0 Å². The number of nitrogens with one attached hydrogen (secondary N) is 2. The first kappa shape index (κ1) is 18.4. The zero-order valence-electron chi connectivity index (χ0n) is 14.3. The van der Waals surface area contributed by atoms with Crippen molar-refractivity contribution in [3.8, 4) is 5.75 Å². The van der Waals surface area contributed by atoms with Crippen molar-refractivity contribution in [2.24, 2.45) is 0 Å². The van der Waals surface area contributed by atoms with Crippen LogP contribution in [0.5, 0.6) is 5.75 Å². The molecule has 0 aliphatic rings. The van der Waals surface area contributed by atoms with E-state index in [-0.39, 0.29) is 17.3 Å². The molecule has 8 nitrogen and oxygen atoms in total. The van der Waals surface area contributed by atoms with Gasteiger partial charge in [-0.3, -0.25) is 10.1 Å². The van der Waals surface area contributed by atoms with Crippen molar-refractivity contribution in [3.05, 3.63) is 75.6 Å². The van der Waals surface area contributed by atoms with Gasteiger partial charge >= 0.3 is 5.69 Å². The average Bonchev–Trinajstić information content (AvgIpc) is 2.68.